The van der Waals surface area contributed by atoms with E-state index < -0.39 is 0 Å². The van der Waals surface area contributed by atoms with Crippen LogP contribution in [0.5, 0.6) is 0 Å². The minimum Gasteiger partial charge on any atom is -0.439 e. The molecule has 0 saturated heterocycles. The lowest BCUT2D eigenvalue weighted by molar-refractivity contribution is 0.383. The van der Waals surface area contributed by atoms with Crippen molar-refractivity contribution in [2.24, 2.45) is 0 Å². The van der Waals surface area contributed by atoms with Crippen molar-refractivity contribution in [1.29, 1.82) is 0 Å². The third kappa shape index (κ3) is 4.16. The molecule has 0 aliphatic carbocycles. The predicted octanol–water partition coefficient (Wildman–Crippen LogP) is 4.75. The first kappa shape index (κ1) is 14.8. The molecule has 0 fully saturated rings. The van der Waals surface area contributed by atoms with Gasteiger partial charge in [-0.15, -0.1) is 0 Å². The van der Waals surface area contributed by atoms with Crippen LogP contribution in [0.4, 0.5) is 0 Å². The highest BCUT2D eigenvalue weighted by atomic mass is 79.9. The molecule has 0 spiro atoms. The SMILES string of the molecule is CC(C)(C)NCc1ncc(-c2ccc(Br)cc2Br)o1. The molecule has 5 heteroatoms. The standard InChI is InChI=1S/C14H16Br2N2O/c1-14(2,3)18-8-13-17-7-12(19-13)10-5-4-9(15)6-11(10)16/h4-7,18H,8H2,1-3H3. The summed E-state index contributed by atoms with van der Waals surface area (Å²) >= 11 is 6.96. The van der Waals surface area contributed by atoms with E-state index in [2.05, 4.69) is 62.9 Å². The summed E-state index contributed by atoms with van der Waals surface area (Å²) in [6, 6.07) is 5.97. The van der Waals surface area contributed by atoms with Crippen molar-refractivity contribution in [2.75, 3.05) is 0 Å². The Labute approximate surface area is 130 Å². The molecular weight excluding hydrogens is 372 g/mol. The van der Waals surface area contributed by atoms with E-state index in [4.69, 9.17) is 4.42 Å². The number of aromatic nitrogens is 1. The smallest absolute Gasteiger partial charge is 0.208 e. The number of rotatable bonds is 3. The molecule has 0 atom stereocenters. The molecule has 0 aliphatic heterocycles. The summed E-state index contributed by atoms with van der Waals surface area (Å²) in [4.78, 5) is 4.30. The normalized spacial score (nSPS) is 11.8. The minimum absolute atomic E-state index is 0.0484. The zero-order valence-corrected chi connectivity index (χ0v) is 14.3. The maximum atomic E-state index is 5.77. The minimum atomic E-state index is 0.0484. The highest BCUT2D eigenvalue weighted by Crippen LogP contribution is 2.31. The van der Waals surface area contributed by atoms with Crippen LogP contribution in [0.1, 0.15) is 26.7 Å². The summed E-state index contributed by atoms with van der Waals surface area (Å²) in [5.41, 5.74) is 1.05. The van der Waals surface area contributed by atoms with Gasteiger partial charge in [0.2, 0.25) is 5.89 Å². The molecule has 0 bridgehead atoms. The van der Waals surface area contributed by atoms with Crippen molar-refractivity contribution in [2.45, 2.75) is 32.9 Å². The molecule has 2 aromatic rings. The Kier molecular flexibility index (Phi) is 4.48. The number of benzene rings is 1. The lowest BCUT2D eigenvalue weighted by Gasteiger charge is -2.18. The van der Waals surface area contributed by atoms with E-state index in [9.17, 15) is 0 Å². The Morgan fingerprint density at radius 2 is 2.00 bits per heavy atom. The fourth-order valence-corrected chi connectivity index (χ4v) is 2.79. The Morgan fingerprint density at radius 3 is 2.63 bits per heavy atom. The summed E-state index contributed by atoms with van der Waals surface area (Å²) < 4.78 is 7.77. The van der Waals surface area contributed by atoms with Gasteiger partial charge in [-0.05, 0) is 54.9 Å². The highest BCUT2D eigenvalue weighted by Gasteiger charge is 2.13. The van der Waals surface area contributed by atoms with Gasteiger partial charge in [-0.2, -0.15) is 0 Å². The van der Waals surface area contributed by atoms with Crippen LogP contribution < -0.4 is 5.32 Å². The highest BCUT2D eigenvalue weighted by molar-refractivity contribution is 9.11. The number of hydrogen-bond acceptors (Lipinski definition) is 3. The zero-order valence-electron chi connectivity index (χ0n) is 11.1. The number of oxazole rings is 1. The molecule has 1 heterocycles. The first-order valence-corrected chi connectivity index (χ1v) is 7.59. The van der Waals surface area contributed by atoms with Gasteiger partial charge >= 0.3 is 0 Å². The molecule has 3 nitrogen and oxygen atoms in total. The number of nitrogens with zero attached hydrogens (tertiary/aromatic N) is 1. The van der Waals surface area contributed by atoms with Crippen molar-refractivity contribution in [3.63, 3.8) is 0 Å². The summed E-state index contributed by atoms with van der Waals surface area (Å²) in [6.07, 6.45) is 1.76. The van der Waals surface area contributed by atoms with E-state index in [0.29, 0.717) is 12.4 Å². The van der Waals surface area contributed by atoms with Gasteiger partial charge in [0.05, 0.1) is 12.7 Å². The van der Waals surface area contributed by atoms with Gasteiger partial charge < -0.3 is 9.73 Å². The third-order valence-corrected chi connectivity index (χ3v) is 3.67. The average Bonchev–Trinajstić information content (AvgIpc) is 2.74. The summed E-state index contributed by atoms with van der Waals surface area (Å²) in [5, 5.41) is 3.35. The molecule has 19 heavy (non-hydrogen) atoms. The number of hydrogen-bond donors (Lipinski definition) is 1. The van der Waals surface area contributed by atoms with Crippen LogP contribution in [0.2, 0.25) is 0 Å². The molecule has 0 amide bonds. The second kappa shape index (κ2) is 5.77. The molecule has 0 saturated carbocycles. The summed E-state index contributed by atoms with van der Waals surface area (Å²) in [7, 11) is 0. The predicted molar refractivity (Wildman–Crippen MR) is 83.9 cm³/mol. The molecule has 0 aliphatic rings. The quantitative estimate of drug-likeness (QED) is 0.825. The average molecular weight is 388 g/mol. The molecule has 1 aromatic heterocycles. The largest absolute Gasteiger partial charge is 0.439 e. The van der Waals surface area contributed by atoms with Crippen LogP contribution in [0.15, 0.2) is 37.8 Å². The Morgan fingerprint density at radius 1 is 1.26 bits per heavy atom. The first-order chi connectivity index (χ1) is 8.85. The zero-order chi connectivity index (χ0) is 14.0. The molecule has 1 N–H and O–H groups in total. The lowest BCUT2D eigenvalue weighted by Crippen LogP contribution is -2.35. The monoisotopic (exact) mass is 386 g/mol. The van der Waals surface area contributed by atoms with Gasteiger partial charge in [0.1, 0.15) is 0 Å². The van der Waals surface area contributed by atoms with Crippen molar-refractivity contribution in [3.05, 3.63) is 39.2 Å². The number of nitrogens with one attached hydrogen (secondary N) is 1. The van der Waals surface area contributed by atoms with E-state index in [1.165, 1.54) is 0 Å². The molecule has 102 valence electrons. The van der Waals surface area contributed by atoms with Crippen molar-refractivity contribution < 1.29 is 4.42 Å². The maximum absolute atomic E-state index is 5.77. The van der Waals surface area contributed by atoms with Gasteiger partial charge in [0.15, 0.2) is 5.76 Å². The second-order valence-electron chi connectivity index (χ2n) is 5.35. The van der Waals surface area contributed by atoms with Crippen molar-refractivity contribution in [1.82, 2.24) is 10.3 Å². The van der Waals surface area contributed by atoms with Gasteiger partial charge in [-0.25, -0.2) is 4.98 Å². The van der Waals surface area contributed by atoms with Crippen LogP contribution in [0.3, 0.4) is 0 Å². The first-order valence-electron chi connectivity index (χ1n) is 6.00. The second-order valence-corrected chi connectivity index (χ2v) is 7.12. The molecule has 2 rings (SSSR count). The molecular formula is C14H16Br2N2O. The number of halogens is 2. The fourth-order valence-electron chi connectivity index (χ4n) is 1.55. The van der Waals surface area contributed by atoms with Crippen LogP contribution in [-0.4, -0.2) is 10.5 Å². The van der Waals surface area contributed by atoms with E-state index in [0.717, 1.165) is 20.3 Å². The fraction of sp³-hybridized carbons (Fsp3) is 0.357. The van der Waals surface area contributed by atoms with E-state index in [1.807, 2.05) is 18.2 Å². The van der Waals surface area contributed by atoms with Gasteiger partial charge in [0.25, 0.3) is 0 Å². The molecule has 0 unspecified atom stereocenters. The van der Waals surface area contributed by atoms with Gasteiger partial charge in [0, 0.05) is 20.0 Å². The van der Waals surface area contributed by atoms with Crippen molar-refractivity contribution >= 4 is 31.9 Å². The van der Waals surface area contributed by atoms with Gasteiger partial charge in [-0.1, -0.05) is 15.9 Å². The van der Waals surface area contributed by atoms with Crippen LogP contribution in [0.25, 0.3) is 11.3 Å². The summed E-state index contributed by atoms with van der Waals surface area (Å²) in [6.45, 7) is 6.96. The van der Waals surface area contributed by atoms with Gasteiger partial charge in [-0.3, -0.25) is 0 Å². The Bertz CT molecular complexity index is 573. The maximum Gasteiger partial charge on any atom is 0.208 e. The Balaban J connectivity index is 2.16. The van der Waals surface area contributed by atoms with E-state index in [1.54, 1.807) is 6.20 Å². The van der Waals surface area contributed by atoms with Crippen LogP contribution in [0, 0.1) is 0 Å². The lowest BCUT2D eigenvalue weighted by atomic mass is 10.1. The summed E-state index contributed by atoms with van der Waals surface area (Å²) in [5.74, 6) is 1.46. The van der Waals surface area contributed by atoms with E-state index in [-0.39, 0.29) is 5.54 Å². The van der Waals surface area contributed by atoms with Crippen molar-refractivity contribution in [3.8, 4) is 11.3 Å². The molecule has 1 aromatic carbocycles. The molecule has 0 radical (unpaired) electrons. The van der Waals surface area contributed by atoms with Crippen LogP contribution in [-0.2, 0) is 6.54 Å². The Hall–Kier alpha value is -0.650. The third-order valence-electron chi connectivity index (χ3n) is 2.52. The topological polar surface area (TPSA) is 38.1 Å². The van der Waals surface area contributed by atoms with Crippen LogP contribution >= 0.6 is 31.9 Å². The van der Waals surface area contributed by atoms with E-state index >= 15 is 0 Å².